The predicted octanol–water partition coefficient (Wildman–Crippen LogP) is 1.41. The van der Waals surface area contributed by atoms with Crippen LogP contribution in [0.25, 0.3) is 0 Å². The molecule has 2 saturated heterocycles. The van der Waals surface area contributed by atoms with E-state index in [1.165, 1.54) is 12.8 Å². The van der Waals surface area contributed by atoms with Crippen molar-refractivity contribution in [3.05, 3.63) is 18.2 Å². The van der Waals surface area contributed by atoms with Gasteiger partial charge in [-0.1, -0.05) is 0 Å². The summed E-state index contributed by atoms with van der Waals surface area (Å²) in [6.45, 7) is 6.27. The molecule has 1 spiro atoms. The first-order chi connectivity index (χ1) is 11.6. The quantitative estimate of drug-likeness (QED) is 0.837. The molecule has 0 N–H and O–H groups in total. The van der Waals surface area contributed by atoms with Gasteiger partial charge in [0.15, 0.2) is 0 Å². The van der Waals surface area contributed by atoms with Gasteiger partial charge in [0.1, 0.15) is 12.4 Å². The van der Waals surface area contributed by atoms with Gasteiger partial charge in [-0.15, -0.1) is 0 Å². The molecule has 132 valence electrons. The zero-order chi connectivity index (χ0) is 16.7. The van der Waals surface area contributed by atoms with Crippen LogP contribution in [0.15, 0.2) is 12.4 Å². The van der Waals surface area contributed by atoms with E-state index in [0.717, 1.165) is 50.8 Å². The number of piperidine rings is 1. The minimum Gasteiger partial charge on any atom is -0.363 e. The van der Waals surface area contributed by atoms with Gasteiger partial charge in [0.25, 0.3) is 0 Å². The van der Waals surface area contributed by atoms with Gasteiger partial charge in [-0.3, -0.25) is 9.69 Å². The van der Waals surface area contributed by atoms with Crippen LogP contribution in [-0.4, -0.2) is 63.1 Å². The van der Waals surface area contributed by atoms with Crippen molar-refractivity contribution in [1.29, 1.82) is 0 Å². The number of likely N-dealkylation sites (tertiary alicyclic amines) is 1. The van der Waals surface area contributed by atoms with E-state index in [2.05, 4.69) is 26.3 Å². The summed E-state index contributed by atoms with van der Waals surface area (Å²) in [7, 11) is 2.04. The molecule has 1 saturated carbocycles. The molecule has 6 heteroatoms. The van der Waals surface area contributed by atoms with Crippen molar-refractivity contribution in [1.82, 2.24) is 19.4 Å². The summed E-state index contributed by atoms with van der Waals surface area (Å²) < 4.78 is 8.22. The smallest absolute Gasteiger partial charge is 0.248 e. The highest BCUT2D eigenvalue weighted by Gasteiger charge is 2.48. The average molecular weight is 332 g/mol. The molecular formula is C18H28N4O2. The maximum atomic E-state index is 12.3. The van der Waals surface area contributed by atoms with E-state index in [0.29, 0.717) is 0 Å². The third kappa shape index (κ3) is 2.97. The normalized spacial score (nSPS) is 27.8. The molecule has 0 aromatic carbocycles. The Morgan fingerprint density at radius 2 is 2.08 bits per heavy atom. The molecular weight excluding hydrogens is 304 g/mol. The molecule has 0 radical (unpaired) electrons. The number of aryl methyl sites for hydroxylation is 1. The largest absolute Gasteiger partial charge is 0.363 e. The van der Waals surface area contributed by atoms with Gasteiger partial charge < -0.3 is 14.2 Å². The molecule has 6 nitrogen and oxygen atoms in total. The number of amides is 1. The second-order valence-electron chi connectivity index (χ2n) is 7.75. The average Bonchev–Trinajstić information content (AvgIpc) is 3.32. The van der Waals surface area contributed by atoms with Crippen LogP contribution >= 0.6 is 0 Å². The lowest BCUT2D eigenvalue weighted by Gasteiger charge is -2.51. The van der Waals surface area contributed by atoms with Gasteiger partial charge in [-0.05, 0) is 38.5 Å². The van der Waals surface area contributed by atoms with E-state index in [9.17, 15) is 4.79 Å². The summed E-state index contributed by atoms with van der Waals surface area (Å²) in [6.07, 6.45) is 8.40. The van der Waals surface area contributed by atoms with Crippen LogP contribution in [0.4, 0.5) is 0 Å². The summed E-state index contributed by atoms with van der Waals surface area (Å²) in [4.78, 5) is 21.3. The number of morpholine rings is 1. The summed E-state index contributed by atoms with van der Waals surface area (Å²) in [5.41, 5.74) is -0.152. The van der Waals surface area contributed by atoms with Crippen molar-refractivity contribution in [3.8, 4) is 0 Å². The number of hydrogen-bond acceptors (Lipinski definition) is 4. The first kappa shape index (κ1) is 16.1. The molecule has 1 aromatic heterocycles. The van der Waals surface area contributed by atoms with Gasteiger partial charge >= 0.3 is 0 Å². The number of imidazole rings is 1. The first-order valence-corrected chi connectivity index (χ1v) is 9.19. The van der Waals surface area contributed by atoms with Crippen molar-refractivity contribution in [2.75, 3.05) is 26.2 Å². The summed E-state index contributed by atoms with van der Waals surface area (Å²) in [5.74, 6) is 2.01. The van der Waals surface area contributed by atoms with Crippen LogP contribution in [0.1, 0.15) is 38.4 Å². The second kappa shape index (κ2) is 6.15. The fourth-order valence-electron chi connectivity index (χ4n) is 4.15. The molecule has 24 heavy (non-hydrogen) atoms. The minimum atomic E-state index is -0.152. The maximum Gasteiger partial charge on any atom is 0.248 e. The van der Waals surface area contributed by atoms with Crippen LogP contribution in [-0.2, 0) is 23.1 Å². The van der Waals surface area contributed by atoms with Crippen LogP contribution in [0.5, 0.6) is 0 Å². The summed E-state index contributed by atoms with van der Waals surface area (Å²) in [5, 5.41) is 0. The Morgan fingerprint density at radius 3 is 2.71 bits per heavy atom. The maximum absolute atomic E-state index is 12.3. The van der Waals surface area contributed by atoms with Gasteiger partial charge in [0.2, 0.25) is 5.91 Å². The SMILES string of the molecule is C[C@@H]1N(CC2CC2)C(=O)COC12CCN(Cc1nccn1C)CC2. The van der Waals surface area contributed by atoms with E-state index in [1.54, 1.807) is 0 Å². The number of rotatable bonds is 4. The van der Waals surface area contributed by atoms with E-state index in [-0.39, 0.29) is 24.2 Å². The molecule has 1 aliphatic carbocycles. The topological polar surface area (TPSA) is 50.6 Å². The summed E-state index contributed by atoms with van der Waals surface area (Å²) in [6, 6.07) is 0.190. The molecule has 3 heterocycles. The third-order valence-corrected chi connectivity index (χ3v) is 6.17. The van der Waals surface area contributed by atoms with E-state index >= 15 is 0 Å². The zero-order valence-corrected chi connectivity index (χ0v) is 14.8. The number of carbonyl (C=O) groups is 1. The highest BCUT2D eigenvalue weighted by Crippen LogP contribution is 2.38. The van der Waals surface area contributed by atoms with Gasteiger partial charge in [0, 0.05) is 39.1 Å². The van der Waals surface area contributed by atoms with Crippen molar-refractivity contribution >= 4 is 5.91 Å². The van der Waals surface area contributed by atoms with Crippen LogP contribution in [0, 0.1) is 5.92 Å². The minimum absolute atomic E-state index is 0.152. The van der Waals surface area contributed by atoms with E-state index < -0.39 is 0 Å². The molecule has 2 aliphatic heterocycles. The Hall–Kier alpha value is -1.40. The highest BCUT2D eigenvalue weighted by atomic mass is 16.5. The highest BCUT2D eigenvalue weighted by molar-refractivity contribution is 5.78. The number of nitrogens with zero attached hydrogens (tertiary/aromatic N) is 4. The Balaban J connectivity index is 1.39. The molecule has 0 unspecified atom stereocenters. The van der Waals surface area contributed by atoms with Crippen LogP contribution < -0.4 is 0 Å². The molecule has 3 aliphatic rings. The van der Waals surface area contributed by atoms with E-state index in [4.69, 9.17) is 4.74 Å². The molecule has 1 amide bonds. The van der Waals surface area contributed by atoms with Crippen molar-refractivity contribution in [2.24, 2.45) is 13.0 Å². The standard InChI is InChI=1S/C18H28N4O2/c1-14-18(24-13-17(23)22(14)11-15-3-4-15)5-8-21(9-6-18)12-16-19-7-10-20(16)2/h7,10,14-15H,3-6,8-9,11-13H2,1-2H3/t14-/m0/s1. The second-order valence-corrected chi connectivity index (χ2v) is 7.75. The van der Waals surface area contributed by atoms with Gasteiger partial charge in [-0.25, -0.2) is 4.98 Å². The number of aromatic nitrogens is 2. The third-order valence-electron chi connectivity index (χ3n) is 6.17. The Bertz CT molecular complexity index is 602. The lowest BCUT2D eigenvalue weighted by molar-refractivity contribution is -0.187. The lowest BCUT2D eigenvalue weighted by Crippen LogP contribution is -2.64. The number of carbonyl (C=O) groups excluding carboxylic acids is 1. The van der Waals surface area contributed by atoms with Crippen LogP contribution in [0.2, 0.25) is 0 Å². The van der Waals surface area contributed by atoms with E-state index in [1.807, 2.05) is 19.4 Å². The molecule has 1 aromatic rings. The Labute approximate surface area is 143 Å². The molecule has 0 bridgehead atoms. The van der Waals surface area contributed by atoms with Crippen molar-refractivity contribution in [2.45, 2.75) is 50.8 Å². The Morgan fingerprint density at radius 1 is 1.33 bits per heavy atom. The zero-order valence-electron chi connectivity index (χ0n) is 14.8. The molecule has 4 rings (SSSR count). The van der Waals surface area contributed by atoms with Crippen LogP contribution in [0.3, 0.4) is 0 Å². The first-order valence-electron chi connectivity index (χ1n) is 9.19. The fraction of sp³-hybridized carbons (Fsp3) is 0.778. The molecule has 1 atom stereocenters. The molecule has 3 fully saturated rings. The van der Waals surface area contributed by atoms with Crippen molar-refractivity contribution < 1.29 is 9.53 Å². The van der Waals surface area contributed by atoms with Gasteiger partial charge in [0.05, 0.1) is 18.2 Å². The fourth-order valence-corrected chi connectivity index (χ4v) is 4.15. The Kier molecular flexibility index (Phi) is 4.12. The number of ether oxygens (including phenoxy) is 1. The van der Waals surface area contributed by atoms with Crippen molar-refractivity contribution in [3.63, 3.8) is 0 Å². The predicted molar refractivity (Wildman–Crippen MR) is 90.3 cm³/mol. The lowest BCUT2D eigenvalue weighted by atomic mass is 9.82. The van der Waals surface area contributed by atoms with Gasteiger partial charge in [-0.2, -0.15) is 0 Å². The summed E-state index contributed by atoms with van der Waals surface area (Å²) >= 11 is 0. The number of hydrogen-bond donors (Lipinski definition) is 0. The monoisotopic (exact) mass is 332 g/mol.